The van der Waals surface area contributed by atoms with Gasteiger partial charge in [-0.15, -0.1) is 0 Å². The summed E-state index contributed by atoms with van der Waals surface area (Å²) in [6.07, 6.45) is 11.3. The number of hydrogen-bond acceptors (Lipinski definition) is 9. The second-order valence-corrected chi connectivity index (χ2v) is 9.52. The van der Waals surface area contributed by atoms with Gasteiger partial charge in [-0.3, -0.25) is 0 Å². The lowest BCUT2D eigenvalue weighted by molar-refractivity contribution is -0.160. The Morgan fingerprint density at radius 2 is 0.718 bits per heavy atom. The normalized spacial score (nSPS) is 13.2. The zero-order valence-electron chi connectivity index (χ0n) is 25.8. The van der Waals surface area contributed by atoms with E-state index in [1.807, 2.05) is 0 Å². The summed E-state index contributed by atoms with van der Waals surface area (Å²) in [5.41, 5.74) is 0. The molecule has 0 fully saturated rings. The first kappa shape index (κ1) is 38.6. The van der Waals surface area contributed by atoms with Crippen LogP contribution in [0, 0.1) is 0 Å². The average molecular weight is 567 g/mol. The predicted octanol–water partition coefficient (Wildman–Crippen LogP) is 6.46. The topological polar surface area (TPSA) is 83.1 Å². The standard InChI is InChI=1S/C30H62O9/c1-5-17-31-21-11-9-15-29(36-19-7-3)38-25-13-23-33-27-35-28-34-24-14-26-39-30(37-20-8-4)16-10-12-22-32-18-6-2/h29-30H,5-28H2,1-4H3. The van der Waals surface area contributed by atoms with Gasteiger partial charge in [-0.1, -0.05) is 27.7 Å². The van der Waals surface area contributed by atoms with Crippen LogP contribution in [0.5, 0.6) is 0 Å². The molecule has 0 saturated heterocycles. The van der Waals surface area contributed by atoms with Crippen LogP contribution in [0.15, 0.2) is 0 Å². The molecule has 0 heterocycles. The fourth-order valence-electron chi connectivity index (χ4n) is 3.47. The fraction of sp³-hybridized carbons (Fsp3) is 1.00. The average Bonchev–Trinajstić information content (AvgIpc) is 2.95. The van der Waals surface area contributed by atoms with Crippen molar-refractivity contribution in [1.29, 1.82) is 0 Å². The summed E-state index contributed by atoms with van der Waals surface area (Å²) >= 11 is 0. The number of unbranched alkanes of at least 4 members (excludes halogenated alkanes) is 2. The molecule has 0 aromatic carbocycles. The minimum atomic E-state index is -0.150. The first-order chi connectivity index (χ1) is 19.3. The van der Waals surface area contributed by atoms with E-state index >= 15 is 0 Å². The Kier molecular flexibility index (Phi) is 33.5. The van der Waals surface area contributed by atoms with E-state index in [9.17, 15) is 0 Å². The summed E-state index contributed by atoms with van der Waals surface area (Å²) in [5.74, 6) is 0. The van der Waals surface area contributed by atoms with E-state index in [0.717, 1.165) is 117 Å². The monoisotopic (exact) mass is 566 g/mol. The third-order valence-electron chi connectivity index (χ3n) is 5.48. The van der Waals surface area contributed by atoms with Crippen molar-refractivity contribution in [2.24, 2.45) is 0 Å². The van der Waals surface area contributed by atoms with Gasteiger partial charge in [-0.2, -0.15) is 0 Å². The molecule has 0 aromatic rings. The third kappa shape index (κ3) is 30.4. The van der Waals surface area contributed by atoms with E-state index in [0.29, 0.717) is 26.4 Å². The van der Waals surface area contributed by atoms with Crippen LogP contribution in [0.4, 0.5) is 0 Å². The maximum absolute atomic E-state index is 5.90. The van der Waals surface area contributed by atoms with Crippen LogP contribution in [0.25, 0.3) is 0 Å². The summed E-state index contributed by atoms with van der Waals surface area (Å²) in [6.45, 7) is 16.0. The smallest absolute Gasteiger partial charge is 0.157 e. The van der Waals surface area contributed by atoms with Gasteiger partial charge >= 0.3 is 0 Å². The zero-order chi connectivity index (χ0) is 28.5. The molecule has 0 aliphatic heterocycles. The van der Waals surface area contributed by atoms with Crippen LogP contribution >= 0.6 is 0 Å². The Balaban J connectivity index is 3.62. The molecule has 0 rings (SSSR count). The molecule has 0 spiro atoms. The Morgan fingerprint density at radius 1 is 0.333 bits per heavy atom. The van der Waals surface area contributed by atoms with Gasteiger partial charge in [0.1, 0.15) is 13.6 Å². The van der Waals surface area contributed by atoms with E-state index in [4.69, 9.17) is 42.6 Å². The lowest BCUT2D eigenvalue weighted by Gasteiger charge is -2.18. The van der Waals surface area contributed by atoms with Gasteiger partial charge in [0.25, 0.3) is 0 Å². The first-order valence-electron chi connectivity index (χ1n) is 15.6. The minimum absolute atomic E-state index is 0.150. The lowest BCUT2D eigenvalue weighted by atomic mass is 10.2. The molecular formula is C30H62O9. The molecule has 236 valence electrons. The zero-order valence-corrected chi connectivity index (χ0v) is 25.8. The molecule has 0 bridgehead atoms. The number of ether oxygens (including phenoxy) is 9. The van der Waals surface area contributed by atoms with Gasteiger partial charge in [0.15, 0.2) is 12.6 Å². The van der Waals surface area contributed by atoms with Crippen LogP contribution in [0.1, 0.15) is 105 Å². The number of hydrogen-bond donors (Lipinski definition) is 0. The molecule has 2 atom stereocenters. The van der Waals surface area contributed by atoms with Crippen molar-refractivity contribution in [3.8, 4) is 0 Å². The molecule has 0 aliphatic rings. The highest BCUT2D eigenvalue weighted by Gasteiger charge is 2.10. The lowest BCUT2D eigenvalue weighted by Crippen LogP contribution is -2.20. The highest BCUT2D eigenvalue weighted by atomic mass is 16.7. The first-order valence-corrected chi connectivity index (χ1v) is 15.6. The highest BCUT2D eigenvalue weighted by Crippen LogP contribution is 2.10. The molecule has 0 aromatic heterocycles. The highest BCUT2D eigenvalue weighted by molar-refractivity contribution is 4.50. The fourth-order valence-corrected chi connectivity index (χ4v) is 3.47. The van der Waals surface area contributed by atoms with Crippen molar-refractivity contribution in [3.05, 3.63) is 0 Å². The molecule has 0 aliphatic carbocycles. The van der Waals surface area contributed by atoms with Crippen molar-refractivity contribution in [3.63, 3.8) is 0 Å². The molecule has 39 heavy (non-hydrogen) atoms. The van der Waals surface area contributed by atoms with Crippen LogP contribution in [0.2, 0.25) is 0 Å². The molecule has 9 heteroatoms. The van der Waals surface area contributed by atoms with Gasteiger partial charge < -0.3 is 42.6 Å². The van der Waals surface area contributed by atoms with Crippen molar-refractivity contribution in [1.82, 2.24) is 0 Å². The van der Waals surface area contributed by atoms with Crippen molar-refractivity contribution < 1.29 is 42.6 Å². The predicted molar refractivity (Wildman–Crippen MR) is 154 cm³/mol. The van der Waals surface area contributed by atoms with Crippen molar-refractivity contribution in [2.45, 2.75) is 117 Å². The van der Waals surface area contributed by atoms with Gasteiger partial charge in [0, 0.05) is 39.6 Å². The Morgan fingerprint density at radius 3 is 1.13 bits per heavy atom. The molecule has 0 radical (unpaired) electrons. The maximum atomic E-state index is 5.90. The van der Waals surface area contributed by atoms with Crippen LogP contribution < -0.4 is 0 Å². The van der Waals surface area contributed by atoms with E-state index < -0.39 is 0 Å². The molecule has 2 unspecified atom stereocenters. The van der Waals surface area contributed by atoms with Gasteiger partial charge in [-0.05, 0) is 77.0 Å². The summed E-state index contributed by atoms with van der Waals surface area (Å²) in [5, 5.41) is 0. The number of rotatable bonds is 34. The van der Waals surface area contributed by atoms with E-state index in [1.54, 1.807) is 0 Å². The summed E-state index contributed by atoms with van der Waals surface area (Å²) in [7, 11) is 0. The van der Waals surface area contributed by atoms with E-state index in [1.165, 1.54) is 0 Å². The van der Waals surface area contributed by atoms with E-state index in [2.05, 4.69) is 27.7 Å². The molecule has 9 nitrogen and oxygen atoms in total. The van der Waals surface area contributed by atoms with Gasteiger partial charge in [0.2, 0.25) is 0 Å². The minimum Gasteiger partial charge on any atom is -0.381 e. The van der Waals surface area contributed by atoms with E-state index in [-0.39, 0.29) is 26.2 Å². The van der Waals surface area contributed by atoms with Crippen LogP contribution in [0.3, 0.4) is 0 Å². The van der Waals surface area contributed by atoms with Crippen molar-refractivity contribution >= 4 is 0 Å². The molecule has 0 amide bonds. The largest absolute Gasteiger partial charge is 0.381 e. The summed E-state index contributed by atoms with van der Waals surface area (Å²) in [6, 6.07) is 0. The molecule has 0 N–H and O–H groups in total. The van der Waals surface area contributed by atoms with Crippen LogP contribution in [-0.2, 0) is 42.6 Å². The SMILES string of the molecule is CCCOCCCCC(OCCC)OCCCOCOCOCCCOC(CCCCOCCC)OCCC. The summed E-state index contributed by atoms with van der Waals surface area (Å²) in [4.78, 5) is 0. The van der Waals surface area contributed by atoms with Gasteiger partial charge in [0.05, 0.1) is 26.4 Å². The third-order valence-corrected chi connectivity index (χ3v) is 5.48. The Hall–Kier alpha value is -0.360. The van der Waals surface area contributed by atoms with Crippen LogP contribution in [-0.4, -0.2) is 92.2 Å². The quantitative estimate of drug-likeness (QED) is 0.0643. The second-order valence-electron chi connectivity index (χ2n) is 9.52. The Labute approximate surface area is 239 Å². The molecule has 0 saturated carbocycles. The molecular weight excluding hydrogens is 504 g/mol. The maximum Gasteiger partial charge on any atom is 0.157 e. The Bertz CT molecular complexity index is 405. The van der Waals surface area contributed by atoms with Gasteiger partial charge in [-0.25, -0.2) is 0 Å². The second kappa shape index (κ2) is 33.8. The van der Waals surface area contributed by atoms with Crippen molar-refractivity contribution in [2.75, 3.05) is 79.7 Å². The summed E-state index contributed by atoms with van der Waals surface area (Å²) < 4.78 is 50.9.